The second-order valence-corrected chi connectivity index (χ2v) is 7.81. The molecule has 0 bridgehead atoms. The molecule has 0 atom stereocenters. The lowest BCUT2D eigenvalue weighted by atomic mass is 9.92. The predicted octanol–water partition coefficient (Wildman–Crippen LogP) is 6.82. The molecule has 0 aliphatic carbocycles. The number of ether oxygens (including phenoxy) is 2. The van der Waals surface area contributed by atoms with Crippen LogP contribution in [-0.2, 0) is 11.2 Å². The molecule has 0 N–H and O–H groups in total. The third-order valence-electron chi connectivity index (χ3n) is 5.44. The summed E-state index contributed by atoms with van der Waals surface area (Å²) < 4.78 is 41.0. The van der Waals surface area contributed by atoms with E-state index in [1.807, 2.05) is 30.3 Å². The first-order valence-corrected chi connectivity index (χ1v) is 11.1. The maximum absolute atomic E-state index is 14.7. The second-order valence-electron chi connectivity index (χ2n) is 7.81. The van der Waals surface area contributed by atoms with Crippen molar-refractivity contribution < 1.29 is 18.3 Å². The first-order valence-electron chi connectivity index (χ1n) is 11.1. The Morgan fingerprint density at radius 2 is 1.66 bits per heavy atom. The fourth-order valence-corrected chi connectivity index (χ4v) is 3.95. The molecule has 1 aliphatic heterocycles. The SMILES string of the molecule is CCCOc1ccc(-c2ccc(C3=NCCO3)c(-c3c(F)cccc3F)c2)cc1CCC. The molecule has 0 fully saturated rings. The summed E-state index contributed by atoms with van der Waals surface area (Å²) in [6, 6.07) is 15.6. The molecule has 0 saturated heterocycles. The fraction of sp³-hybridized carbons (Fsp3) is 0.296. The number of nitrogens with zero attached hydrogens (tertiary/aromatic N) is 1. The molecular formula is C27H27F2NO2. The van der Waals surface area contributed by atoms with Gasteiger partial charge in [-0.05, 0) is 65.9 Å². The number of benzene rings is 3. The number of aryl methyl sites for hydroxylation is 1. The Labute approximate surface area is 187 Å². The van der Waals surface area contributed by atoms with Crippen LogP contribution < -0.4 is 4.74 Å². The Morgan fingerprint density at radius 3 is 2.34 bits per heavy atom. The molecule has 0 spiro atoms. The van der Waals surface area contributed by atoms with E-state index in [4.69, 9.17) is 9.47 Å². The molecule has 32 heavy (non-hydrogen) atoms. The van der Waals surface area contributed by atoms with Crippen molar-refractivity contribution >= 4 is 5.90 Å². The van der Waals surface area contributed by atoms with Gasteiger partial charge in [0.15, 0.2) is 0 Å². The van der Waals surface area contributed by atoms with Crippen LogP contribution in [-0.4, -0.2) is 25.7 Å². The van der Waals surface area contributed by atoms with E-state index in [2.05, 4.69) is 24.9 Å². The number of rotatable bonds is 8. The van der Waals surface area contributed by atoms with E-state index in [9.17, 15) is 8.78 Å². The topological polar surface area (TPSA) is 30.8 Å². The van der Waals surface area contributed by atoms with Crippen LogP contribution in [0.4, 0.5) is 8.78 Å². The Hall–Kier alpha value is -3.21. The third kappa shape index (κ3) is 4.52. The van der Waals surface area contributed by atoms with Gasteiger partial charge in [0.2, 0.25) is 5.90 Å². The van der Waals surface area contributed by atoms with Gasteiger partial charge in [-0.15, -0.1) is 0 Å². The summed E-state index contributed by atoms with van der Waals surface area (Å²) in [7, 11) is 0. The van der Waals surface area contributed by atoms with E-state index >= 15 is 0 Å². The molecule has 1 aliphatic rings. The molecule has 0 aromatic heterocycles. The van der Waals surface area contributed by atoms with E-state index in [1.165, 1.54) is 18.2 Å². The first kappa shape index (κ1) is 22.0. The van der Waals surface area contributed by atoms with Crippen molar-refractivity contribution in [3.8, 4) is 28.0 Å². The summed E-state index contributed by atoms with van der Waals surface area (Å²) in [4.78, 5) is 4.37. The highest BCUT2D eigenvalue weighted by molar-refractivity contribution is 6.02. The molecule has 0 saturated carbocycles. The summed E-state index contributed by atoms with van der Waals surface area (Å²) in [6.07, 6.45) is 2.83. The Kier molecular flexibility index (Phi) is 6.84. The maximum Gasteiger partial charge on any atom is 0.216 e. The molecule has 0 radical (unpaired) electrons. The van der Waals surface area contributed by atoms with Crippen LogP contribution in [0, 0.1) is 11.6 Å². The molecule has 1 heterocycles. The van der Waals surface area contributed by atoms with Gasteiger partial charge < -0.3 is 9.47 Å². The van der Waals surface area contributed by atoms with Gasteiger partial charge in [-0.25, -0.2) is 13.8 Å². The molecule has 0 amide bonds. The molecule has 3 aromatic rings. The van der Waals surface area contributed by atoms with Gasteiger partial charge in [-0.1, -0.05) is 38.5 Å². The van der Waals surface area contributed by atoms with Gasteiger partial charge in [0, 0.05) is 11.1 Å². The normalized spacial score (nSPS) is 13.1. The number of hydrogen-bond acceptors (Lipinski definition) is 3. The Morgan fingerprint density at radius 1 is 0.906 bits per heavy atom. The highest BCUT2D eigenvalue weighted by Gasteiger charge is 2.21. The van der Waals surface area contributed by atoms with Gasteiger partial charge in [-0.2, -0.15) is 0 Å². The summed E-state index contributed by atoms with van der Waals surface area (Å²) >= 11 is 0. The minimum absolute atomic E-state index is 0.0702. The molecule has 166 valence electrons. The van der Waals surface area contributed by atoms with Crippen molar-refractivity contribution in [2.45, 2.75) is 33.1 Å². The van der Waals surface area contributed by atoms with Crippen LogP contribution in [0.5, 0.6) is 5.75 Å². The average Bonchev–Trinajstić information content (AvgIpc) is 3.33. The van der Waals surface area contributed by atoms with E-state index in [0.29, 0.717) is 36.8 Å². The van der Waals surface area contributed by atoms with Gasteiger partial charge in [0.1, 0.15) is 24.0 Å². The van der Waals surface area contributed by atoms with Crippen LogP contribution in [0.15, 0.2) is 59.6 Å². The van der Waals surface area contributed by atoms with Gasteiger partial charge >= 0.3 is 0 Å². The number of aliphatic imine (C=N–C) groups is 1. The Bertz CT molecular complexity index is 1120. The van der Waals surface area contributed by atoms with Crippen molar-refractivity contribution in [3.05, 3.63) is 77.4 Å². The van der Waals surface area contributed by atoms with Gasteiger partial charge in [0.25, 0.3) is 0 Å². The third-order valence-corrected chi connectivity index (χ3v) is 5.44. The van der Waals surface area contributed by atoms with Crippen molar-refractivity contribution in [1.82, 2.24) is 0 Å². The van der Waals surface area contributed by atoms with Gasteiger partial charge in [0.05, 0.1) is 18.7 Å². The lowest BCUT2D eigenvalue weighted by Gasteiger charge is -2.16. The van der Waals surface area contributed by atoms with Crippen LogP contribution in [0.25, 0.3) is 22.3 Å². The van der Waals surface area contributed by atoms with Crippen molar-refractivity contribution in [1.29, 1.82) is 0 Å². The smallest absolute Gasteiger partial charge is 0.216 e. The van der Waals surface area contributed by atoms with E-state index in [1.54, 1.807) is 0 Å². The lowest BCUT2D eigenvalue weighted by Crippen LogP contribution is -2.05. The summed E-state index contributed by atoms with van der Waals surface area (Å²) in [5.41, 5.74) is 3.92. The fourth-order valence-electron chi connectivity index (χ4n) is 3.95. The zero-order chi connectivity index (χ0) is 22.5. The summed E-state index contributed by atoms with van der Waals surface area (Å²) in [5, 5.41) is 0. The second kappa shape index (κ2) is 9.94. The quantitative estimate of drug-likeness (QED) is 0.389. The standard InChI is InChI=1S/C27H27F2NO2/c1-3-6-20-16-18(10-12-25(20)31-14-4-2)19-9-11-21(27-30-13-15-32-27)22(17-19)26-23(28)7-5-8-24(26)29/h5,7-12,16-17H,3-4,6,13-15H2,1-2H3. The van der Waals surface area contributed by atoms with Crippen LogP contribution >= 0.6 is 0 Å². The van der Waals surface area contributed by atoms with Gasteiger partial charge in [-0.3, -0.25) is 0 Å². The molecule has 0 unspecified atom stereocenters. The highest BCUT2D eigenvalue weighted by Crippen LogP contribution is 2.35. The minimum Gasteiger partial charge on any atom is -0.493 e. The molecule has 3 aromatic carbocycles. The predicted molar refractivity (Wildman–Crippen MR) is 124 cm³/mol. The molecule has 3 nitrogen and oxygen atoms in total. The highest BCUT2D eigenvalue weighted by atomic mass is 19.1. The average molecular weight is 436 g/mol. The summed E-state index contributed by atoms with van der Waals surface area (Å²) in [6.45, 7) is 5.89. The van der Waals surface area contributed by atoms with Crippen LogP contribution in [0.3, 0.4) is 0 Å². The van der Waals surface area contributed by atoms with E-state index in [-0.39, 0.29) is 5.56 Å². The zero-order valence-corrected chi connectivity index (χ0v) is 18.5. The largest absolute Gasteiger partial charge is 0.493 e. The minimum atomic E-state index is -0.614. The van der Waals surface area contributed by atoms with E-state index < -0.39 is 11.6 Å². The zero-order valence-electron chi connectivity index (χ0n) is 18.5. The van der Waals surface area contributed by atoms with Crippen molar-refractivity contribution in [2.24, 2.45) is 4.99 Å². The van der Waals surface area contributed by atoms with Crippen molar-refractivity contribution in [2.75, 3.05) is 19.8 Å². The monoisotopic (exact) mass is 435 g/mol. The first-order chi connectivity index (χ1) is 15.6. The number of hydrogen-bond donors (Lipinski definition) is 0. The molecular weight excluding hydrogens is 408 g/mol. The van der Waals surface area contributed by atoms with Crippen LogP contribution in [0.2, 0.25) is 0 Å². The maximum atomic E-state index is 14.7. The molecule has 5 heteroatoms. The van der Waals surface area contributed by atoms with Crippen LogP contribution in [0.1, 0.15) is 37.8 Å². The number of halogens is 2. The van der Waals surface area contributed by atoms with Crippen molar-refractivity contribution in [3.63, 3.8) is 0 Å². The molecule has 4 rings (SSSR count). The van der Waals surface area contributed by atoms with E-state index in [0.717, 1.165) is 41.7 Å². The lowest BCUT2D eigenvalue weighted by molar-refractivity contribution is 0.314. The summed E-state index contributed by atoms with van der Waals surface area (Å²) in [5.74, 6) is 0.0845. The Balaban J connectivity index is 1.83.